The lowest BCUT2D eigenvalue weighted by Gasteiger charge is -2.26. The maximum atomic E-state index is 12.4. The first-order valence-electron chi connectivity index (χ1n) is 8.66. The number of anilines is 1. The molecule has 1 aliphatic heterocycles. The van der Waals surface area contributed by atoms with Crippen LogP contribution in [0.15, 0.2) is 18.2 Å². The van der Waals surface area contributed by atoms with Gasteiger partial charge in [0, 0.05) is 13.0 Å². The first-order valence-corrected chi connectivity index (χ1v) is 10.5. The van der Waals surface area contributed by atoms with Crippen LogP contribution < -0.4 is 10.2 Å². The molecule has 1 aliphatic rings. The number of hydrogen-bond donors (Lipinski definition) is 1. The molecule has 0 spiro atoms. The van der Waals surface area contributed by atoms with Gasteiger partial charge in [0.1, 0.15) is 6.54 Å². The van der Waals surface area contributed by atoms with Crippen LogP contribution in [0.3, 0.4) is 0 Å². The van der Waals surface area contributed by atoms with Crippen LogP contribution in [-0.4, -0.2) is 44.3 Å². The number of sulfone groups is 1. The molecule has 1 aromatic carbocycles. The Kier molecular flexibility index (Phi) is 6.21. The maximum absolute atomic E-state index is 12.4. The number of benzene rings is 1. The summed E-state index contributed by atoms with van der Waals surface area (Å²) in [7, 11) is -3.05. The highest BCUT2D eigenvalue weighted by atomic mass is 32.2. The smallest absolute Gasteiger partial charge is 0.240 e. The summed E-state index contributed by atoms with van der Waals surface area (Å²) >= 11 is 0. The van der Waals surface area contributed by atoms with Crippen LogP contribution in [0.25, 0.3) is 0 Å². The lowest BCUT2D eigenvalue weighted by molar-refractivity contribution is -0.123. The van der Waals surface area contributed by atoms with Crippen molar-refractivity contribution >= 4 is 27.3 Å². The summed E-state index contributed by atoms with van der Waals surface area (Å²) in [6, 6.07) is 5.53. The SMILES string of the molecule is CCc1cccc(CC)c1N(CC(=O)NC1CCS(=O)(=O)C1)C(C)=O. The van der Waals surface area contributed by atoms with Gasteiger partial charge in [-0.25, -0.2) is 8.42 Å². The predicted octanol–water partition coefficient (Wildman–Crippen LogP) is 1.47. The quantitative estimate of drug-likeness (QED) is 0.826. The van der Waals surface area contributed by atoms with Gasteiger partial charge in [-0.15, -0.1) is 0 Å². The second-order valence-electron chi connectivity index (χ2n) is 6.40. The normalized spacial score (nSPS) is 18.8. The molecule has 0 bridgehead atoms. The number of nitrogens with zero attached hydrogens (tertiary/aromatic N) is 1. The van der Waals surface area contributed by atoms with Gasteiger partial charge in [0.25, 0.3) is 0 Å². The van der Waals surface area contributed by atoms with E-state index < -0.39 is 9.84 Å². The molecule has 1 unspecified atom stereocenters. The molecule has 6 nitrogen and oxygen atoms in total. The Morgan fingerprint density at radius 3 is 2.24 bits per heavy atom. The second kappa shape index (κ2) is 7.99. The molecule has 7 heteroatoms. The molecule has 0 aliphatic carbocycles. The minimum absolute atomic E-state index is 0.0232. The fourth-order valence-electron chi connectivity index (χ4n) is 3.24. The van der Waals surface area contributed by atoms with Crippen molar-refractivity contribution in [2.75, 3.05) is 23.0 Å². The van der Waals surface area contributed by atoms with Gasteiger partial charge < -0.3 is 10.2 Å². The molecule has 1 N–H and O–H groups in total. The molecule has 1 saturated heterocycles. The van der Waals surface area contributed by atoms with Crippen LogP contribution in [0.1, 0.15) is 38.3 Å². The summed E-state index contributed by atoms with van der Waals surface area (Å²) in [5, 5.41) is 2.75. The fourth-order valence-corrected chi connectivity index (χ4v) is 4.91. The molecule has 0 saturated carbocycles. The van der Waals surface area contributed by atoms with Crippen LogP contribution >= 0.6 is 0 Å². The Labute approximate surface area is 149 Å². The van der Waals surface area contributed by atoms with E-state index in [0.29, 0.717) is 6.42 Å². The van der Waals surface area contributed by atoms with Gasteiger partial charge in [-0.3, -0.25) is 9.59 Å². The van der Waals surface area contributed by atoms with Crippen molar-refractivity contribution in [1.82, 2.24) is 5.32 Å². The van der Waals surface area contributed by atoms with Crippen LogP contribution in [0, 0.1) is 0 Å². The summed E-state index contributed by atoms with van der Waals surface area (Å²) < 4.78 is 23.1. The Morgan fingerprint density at radius 1 is 1.20 bits per heavy atom. The van der Waals surface area contributed by atoms with Crippen molar-refractivity contribution in [3.05, 3.63) is 29.3 Å². The largest absolute Gasteiger partial charge is 0.351 e. The molecular formula is C18H26N2O4S. The molecule has 1 atom stereocenters. The third-order valence-electron chi connectivity index (χ3n) is 4.51. The minimum Gasteiger partial charge on any atom is -0.351 e. The minimum atomic E-state index is -3.05. The van der Waals surface area contributed by atoms with Crippen molar-refractivity contribution in [2.24, 2.45) is 0 Å². The van der Waals surface area contributed by atoms with Crippen molar-refractivity contribution in [2.45, 2.75) is 46.1 Å². The predicted molar refractivity (Wildman–Crippen MR) is 98.4 cm³/mol. The average molecular weight is 366 g/mol. The second-order valence-corrected chi connectivity index (χ2v) is 8.63. The Bertz CT molecular complexity index is 736. The Morgan fingerprint density at radius 2 is 1.80 bits per heavy atom. The third-order valence-corrected chi connectivity index (χ3v) is 6.28. The van der Waals surface area contributed by atoms with E-state index in [4.69, 9.17) is 0 Å². The molecule has 2 amide bonds. The highest BCUT2D eigenvalue weighted by Crippen LogP contribution is 2.27. The molecule has 1 aromatic rings. The van der Waals surface area contributed by atoms with Crippen LogP contribution in [0.5, 0.6) is 0 Å². The molecule has 1 heterocycles. The number of para-hydroxylation sites is 1. The summed E-state index contributed by atoms with van der Waals surface area (Å²) in [6.07, 6.45) is 1.95. The van der Waals surface area contributed by atoms with Gasteiger partial charge >= 0.3 is 0 Å². The zero-order chi connectivity index (χ0) is 18.6. The average Bonchev–Trinajstić information content (AvgIpc) is 2.90. The number of nitrogens with one attached hydrogen (secondary N) is 1. The third kappa shape index (κ3) is 4.81. The van der Waals surface area contributed by atoms with Gasteiger partial charge in [0.2, 0.25) is 11.8 Å². The van der Waals surface area contributed by atoms with Gasteiger partial charge in [-0.2, -0.15) is 0 Å². The lowest BCUT2D eigenvalue weighted by Crippen LogP contribution is -2.44. The van der Waals surface area contributed by atoms with E-state index in [0.717, 1.165) is 29.7 Å². The van der Waals surface area contributed by atoms with Crippen LogP contribution in [0.4, 0.5) is 5.69 Å². The van der Waals surface area contributed by atoms with E-state index in [9.17, 15) is 18.0 Å². The highest BCUT2D eigenvalue weighted by Gasteiger charge is 2.30. The van der Waals surface area contributed by atoms with Gasteiger partial charge in [0.05, 0.1) is 17.2 Å². The number of aryl methyl sites for hydroxylation is 2. The highest BCUT2D eigenvalue weighted by molar-refractivity contribution is 7.91. The summed E-state index contributed by atoms with van der Waals surface area (Å²) in [6.45, 7) is 5.37. The molecule has 138 valence electrons. The Hall–Kier alpha value is -1.89. The molecule has 0 radical (unpaired) electrons. The van der Waals surface area contributed by atoms with Gasteiger partial charge in [0.15, 0.2) is 9.84 Å². The first-order chi connectivity index (χ1) is 11.8. The summed E-state index contributed by atoms with van der Waals surface area (Å²) in [4.78, 5) is 26.1. The van der Waals surface area contributed by atoms with E-state index in [1.54, 1.807) is 0 Å². The van der Waals surface area contributed by atoms with Crippen LogP contribution in [0.2, 0.25) is 0 Å². The van der Waals surface area contributed by atoms with E-state index >= 15 is 0 Å². The fraction of sp³-hybridized carbons (Fsp3) is 0.556. The van der Waals surface area contributed by atoms with Gasteiger partial charge in [-0.05, 0) is 30.4 Å². The van der Waals surface area contributed by atoms with E-state index in [-0.39, 0.29) is 35.9 Å². The molecule has 25 heavy (non-hydrogen) atoms. The topological polar surface area (TPSA) is 83.6 Å². The summed E-state index contributed by atoms with van der Waals surface area (Å²) in [5.74, 6) is -0.451. The van der Waals surface area contributed by atoms with Crippen molar-refractivity contribution in [3.8, 4) is 0 Å². The number of carbonyl (C=O) groups is 2. The number of amides is 2. The first kappa shape index (κ1) is 19.4. The molecular weight excluding hydrogens is 340 g/mol. The summed E-state index contributed by atoms with van der Waals surface area (Å²) in [5.41, 5.74) is 2.84. The lowest BCUT2D eigenvalue weighted by atomic mass is 10.0. The van der Waals surface area contributed by atoms with E-state index in [2.05, 4.69) is 5.32 Å². The van der Waals surface area contributed by atoms with Gasteiger partial charge in [-0.1, -0.05) is 32.0 Å². The molecule has 2 rings (SSSR count). The maximum Gasteiger partial charge on any atom is 0.240 e. The standard InChI is InChI=1S/C18H26N2O4S/c1-4-14-7-6-8-15(5-2)18(14)20(13(3)21)11-17(22)19-16-9-10-25(23,24)12-16/h6-8,16H,4-5,9-12H2,1-3H3,(H,19,22). The van der Waals surface area contributed by atoms with Crippen molar-refractivity contribution < 1.29 is 18.0 Å². The van der Waals surface area contributed by atoms with E-state index in [1.165, 1.54) is 11.8 Å². The zero-order valence-corrected chi connectivity index (χ0v) is 15.9. The molecule has 1 fully saturated rings. The number of hydrogen-bond acceptors (Lipinski definition) is 4. The number of carbonyl (C=O) groups excluding carboxylic acids is 2. The monoisotopic (exact) mass is 366 g/mol. The van der Waals surface area contributed by atoms with Crippen molar-refractivity contribution in [3.63, 3.8) is 0 Å². The zero-order valence-electron chi connectivity index (χ0n) is 15.0. The van der Waals surface area contributed by atoms with E-state index in [1.807, 2.05) is 32.0 Å². The number of rotatable bonds is 6. The van der Waals surface area contributed by atoms with Crippen molar-refractivity contribution in [1.29, 1.82) is 0 Å². The Balaban J connectivity index is 2.19. The van der Waals surface area contributed by atoms with Crippen LogP contribution in [-0.2, 0) is 32.3 Å². The molecule has 0 aromatic heterocycles.